The molecule has 2 aromatic rings. The average Bonchev–Trinajstić information content (AvgIpc) is 2.74. The second-order valence-electron chi connectivity index (χ2n) is 6.39. The molecule has 3 rings (SSSR count). The standard InChI is InChI=1S/C21H23N3O3/c1-16(27-19-9-8-17(15-22)14-20(19)26-2)21(25)24-12-10-23(11-13-24)18-6-4-3-5-7-18/h3-9,14,16H,10-13H2,1-2H3. The predicted molar refractivity (Wildman–Crippen MR) is 103 cm³/mol. The van der Waals surface area contributed by atoms with E-state index in [1.165, 1.54) is 12.8 Å². The van der Waals surface area contributed by atoms with Gasteiger partial charge >= 0.3 is 0 Å². The number of benzene rings is 2. The van der Waals surface area contributed by atoms with Crippen LogP contribution in [0.25, 0.3) is 0 Å². The van der Waals surface area contributed by atoms with E-state index in [0.717, 1.165) is 13.1 Å². The van der Waals surface area contributed by atoms with Gasteiger partial charge in [-0.3, -0.25) is 4.79 Å². The van der Waals surface area contributed by atoms with Crippen LogP contribution in [-0.2, 0) is 4.79 Å². The van der Waals surface area contributed by atoms with Gasteiger partial charge in [-0.1, -0.05) is 18.2 Å². The average molecular weight is 365 g/mol. The molecule has 1 unspecified atom stereocenters. The smallest absolute Gasteiger partial charge is 0.263 e. The van der Waals surface area contributed by atoms with Gasteiger partial charge in [0.1, 0.15) is 0 Å². The van der Waals surface area contributed by atoms with Crippen LogP contribution >= 0.6 is 0 Å². The van der Waals surface area contributed by atoms with Gasteiger partial charge in [-0.05, 0) is 31.2 Å². The summed E-state index contributed by atoms with van der Waals surface area (Å²) in [5, 5.41) is 8.98. The van der Waals surface area contributed by atoms with Gasteiger partial charge in [0.2, 0.25) is 0 Å². The number of carbonyl (C=O) groups is 1. The highest BCUT2D eigenvalue weighted by molar-refractivity contribution is 5.81. The van der Waals surface area contributed by atoms with Crippen LogP contribution < -0.4 is 14.4 Å². The fourth-order valence-electron chi connectivity index (χ4n) is 3.16. The molecule has 0 bridgehead atoms. The number of rotatable bonds is 5. The van der Waals surface area contributed by atoms with E-state index in [4.69, 9.17) is 14.7 Å². The molecule has 1 amide bonds. The molecule has 1 fully saturated rings. The summed E-state index contributed by atoms with van der Waals surface area (Å²) in [6.07, 6.45) is -0.630. The Morgan fingerprint density at radius 1 is 1.07 bits per heavy atom. The van der Waals surface area contributed by atoms with E-state index < -0.39 is 6.10 Å². The number of hydrogen-bond acceptors (Lipinski definition) is 5. The maximum absolute atomic E-state index is 12.8. The van der Waals surface area contributed by atoms with Crippen LogP contribution in [0, 0.1) is 11.3 Å². The zero-order chi connectivity index (χ0) is 19.2. The molecule has 0 aliphatic carbocycles. The molecule has 0 radical (unpaired) electrons. The minimum atomic E-state index is -0.630. The molecule has 140 valence electrons. The number of amides is 1. The normalized spacial score (nSPS) is 15.0. The zero-order valence-electron chi connectivity index (χ0n) is 15.6. The second kappa shape index (κ2) is 8.45. The monoisotopic (exact) mass is 365 g/mol. The summed E-state index contributed by atoms with van der Waals surface area (Å²) in [6, 6.07) is 17.2. The second-order valence-corrected chi connectivity index (χ2v) is 6.39. The molecular weight excluding hydrogens is 342 g/mol. The fourth-order valence-corrected chi connectivity index (χ4v) is 3.16. The Morgan fingerprint density at radius 2 is 1.78 bits per heavy atom. The van der Waals surface area contributed by atoms with E-state index in [9.17, 15) is 4.79 Å². The van der Waals surface area contributed by atoms with Crippen LogP contribution in [0.5, 0.6) is 11.5 Å². The SMILES string of the molecule is COc1cc(C#N)ccc1OC(C)C(=O)N1CCN(c2ccccc2)CC1. The predicted octanol–water partition coefficient (Wildman–Crippen LogP) is 2.68. The molecule has 1 heterocycles. The first kappa shape index (κ1) is 18.6. The lowest BCUT2D eigenvalue weighted by Crippen LogP contribution is -2.52. The first-order valence-corrected chi connectivity index (χ1v) is 8.96. The molecule has 0 spiro atoms. The number of ether oxygens (including phenoxy) is 2. The van der Waals surface area contributed by atoms with E-state index in [-0.39, 0.29) is 5.91 Å². The molecule has 2 aromatic carbocycles. The number of anilines is 1. The van der Waals surface area contributed by atoms with Crippen molar-refractivity contribution in [2.24, 2.45) is 0 Å². The number of hydrogen-bond donors (Lipinski definition) is 0. The molecule has 27 heavy (non-hydrogen) atoms. The van der Waals surface area contributed by atoms with Gasteiger partial charge in [0.15, 0.2) is 17.6 Å². The van der Waals surface area contributed by atoms with Gasteiger partial charge in [0.25, 0.3) is 5.91 Å². The number of carbonyl (C=O) groups excluding carboxylic acids is 1. The van der Waals surface area contributed by atoms with Crippen LogP contribution in [0.4, 0.5) is 5.69 Å². The number of piperazine rings is 1. The third-order valence-electron chi connectivity index (χ3n) is 4.66. The van der Waals surface area contributed by atoms with E-state index in [2.05, 4.69) is 23.1 Å². The van der Waals surface area contributed by atoms with E-state index in [1.807, 2.05) is 23.1 Å². The summed E-state index contributed by atoms with van der Waals surface area (Å²) in [4.78, 5) is 16.9. The summed E-state index contributed by atoms with van der Waals surface area (Å²) in [7, 11) is 1.51. The Bertz CT molecular complexity index is 824. The van der Waals surface area contributed by atoms with Gasteiger partial charge in [0, 0.05) is 37.9 Å². The number of methoxy groups -OCH3 is 1. The molecule has 1 aliphatic heterocycles. The molecule has 1 aliphatic rings. The van der Waals surface area contributed by atoms with E-state index in [0.29, 0.717) is 30.2 Å². The van der Waals surface area contributed by atoms with Crippen LogP contribution in [0.1, 0.15) is 12.5 Å². The molecule has 6 nitrogen and oxygen atoms in total. The van der Waals surface area contributed by atoms with Crippen molar-refractivity contribution in [2.45, 2.75) is 13.0 Å². The molecule has 6 heteroatoms. The van der Waals surface area contributed by atoms with E-state index >= 15 is 0 Å². The Kier molecular flexibility index (Phi) is 5.82. The van der Waals surface area contributed by atoms with Crippen molar-refractivity contribution in [1.82, 2.24) is 4.90 Å². The summed E-state index contributed by atoms with van der Waals surface area (Å²) in [5.74, 6) is 0.858. The van der Waals surface area contributed by atoms with E-state index in [1.54, 1.807) is 25.1 Å². The molecule has 0 aromatic heterocycles. The lowest BCUT2D eigenvalue weighted by molar-refractivity contribution is -0.138. The maximum atomic E-state index is 12.8. The lowest BCUT2D eigenvalue weighted by Gasteiger charge is -2.37. The Morgan fingerprint density at radius 3 is 2.41 bits per heavy atom. The number of nitrogens with zero attached hydrogens (tertiary/aromatic N) is 3. The van der Waals surface area contributed by atoms with Crippen molar-refractivity contribution in [3.8, 4) is 17.6 Å². The van der Waals surface area contributed by atoms with Crippen molar-refractivity contribution < 1.29 is 14.3 Å². The number of nitriles is 1. The van der Waals surface area contributed by atoms with Gasteiger partial charge in [-0.15, -0.1) is 0 Å². The Labute approximate surface area is 159 Å². The molecular formula is C21H23N3O3. The van der Waals surface area contributed by atoms with Crippen LogP contribution in [0.2, 0.25) is 0 Å². The summed E-state index contributed by atoms with van der Waals surface area (Å²) >= 11 is 0. The topological polar surface area (TPSA) is 65.8 Å². The highest BCUT2D eigenvalue weighted by atomic mass is 16.5. The highest BCUT2D eigenvalue weighted by Gasteiger charge is 2.26. The first-order chi connectivity index (χ1) is 13.1. The van der Waals surface area contributed by atoms with Crippen molar-refractivity contribution in [2.75, 3.05) is 38.2 Å². The minimum absolute atomic E-state index is 0.0471. The van der Waals surface area contributed by atoms with Crippen molar-refractivity contribution in [3.63, 3.8) is 0 Å². The van der Waals surface area contributed by atoms with Crippen LogP contribution in [-0.4, -0.2) is 50.2 Å². The third-order valence-corrected chi connectivity index (χ3v) is 4.66. The third kappa shape index (κ3) is 4.32. The van der Waals surface area contributed by atoms with Crippen LogP contribution in [0.15, 0.2) is 48.5 Å². The van der Waals surface area contributed by atoms with Crippen molar-refractivity contribution in [1.29, 1.82) is 5.26 Å². The fraction of sp³-hybridized carbons (Fsp3) is 0.333. The highest BCUT2D eigenvalue weighted by Crippen LogP contribution is 2.29. The molecule has 1 saturated heterocycles. The van der Waals surface area contributed by atoms with Crippen LogP contribution in [0.3, 0.4) is 0 Å². The quantitative estimate of drug-likeness (QED) is 0.815. The largest absolute Gasteiger partial charge is 0.493 e. The summed E-state index contributed by atoms with van der Waals surface area (Å²) in [6.45, 7) is 4.65. The minimum Gasteiger partial charge on any atom is -0.493 e. The van der Waals surface area contributed by atoms with Gasteiger partial charge < -0.3 is 19.3 Å². The Balaban J connectivity index is 1.59. The van der Waals surface area contributed by atoms with Crippen molar-refractivity contribution >= 4 is 11.6 Å². The zero-order valence-corrected chi connectivity index (χ0v) is 15.6. The van der Waals surface area contributed by atoms with Crippen molar-refractivity contribution in [3.05, 3.63) is 54.1 Å². The molecule has 1 atom stereocenters. The molecule has 0 N–H and O–H groups in total. The first-order valence-electron chi connectivity index (χ1n) is 8.96. The Hall–Kier alpha value is -3.20. The van der Waals surface area contributed by atoms with Gasteiger partial charge in [-0.2, -0.15) is 5.26 Å². The lowest BCUT2D eigenvalue weighted by atomic mass is 10.2. The number of para-hydroxylation sites is 1. The summed E-state index contributed by atoms with van der Waals surface area (Å²) < 4.78 is 11.1. The maximum Gasteiger partial charge on any atom is 0.263 e. The molecule has 0 saturated carbocycles. The van der Waals surface area contributed by atoms with Gasteiger partial charge in [-0.25, -0.2) is 0 Å². The summed E-state index contributed by atoms with van der Waals surface area (Å²) in [5.41, 5.74) is 1.66. The van der Waals surface area contributed by atoms with Gasteiger partial charge in [0.05, 0.1) is 18.7 Å².